The van der Waals surface area contributed by atoms with E-state index < -0.39 is 5.97 Å². The SMILES string of the molecule is COc1ccc(-n2nc(C=C(C(=O)O)c3ccccc3)cc2-c2ccc(Cl)c(Cl)c2)cc1. The van der Waals surface area contributed by atoms with Crippen LogP contribution in [0.4, 0.5) is 0 Å². The Balaban J connectivity index is 1.88. The van der Waals surface area contributed by atoms with E-state index in [2.05, 4.69) is 5.10 Å². The molecule has 0 aliphatic heterocycles. The predicted octanol–water partition coefficient (Wildman–Crippen LogP) is 6.48. The number of carbonyl (C=O) groups is 1. The normalized spacial score (nSPS) is 11.4. The van der Waals surface area contributed by atoms with Crippen molar-refractivity contribution in [1.82, 2.24) is 9.78 Å². The minimum atomic E-state index is -1.04. The Labute approximate surface area is 195 Å². The van der Waals surface area contributed by atoms with Crippen molar-refractivity contribution in [2.24, 2.45) is 0 Å². The standard InChI is InChI=1S/C25H18Cl2N2O3/c1-32-20-10-8-19(9-11-20)29-24(17-7-12-22(26)23(27)13-17)15-18(28-29)14-21(25(30)31)16-5-3-2-4-6-16/h2-15H,1H3,(H,30,31). The van der Waals surface area contributed by atoms with Crippen molar-refractivity contribution >= 4 is 40.8 Å². The molecule has 3 aromatic carbocycles. The third-order valence-corrected chi connectivity index (χ3v) is 5.61. The van der Waals surface area contributed by atoms with E-state index in [0.717, 1.165) is 16.9 Å². The monoisotopic (exact) mass is 464 g/mol. The van der Waals surface area contributed by atoms with E-state index in [1.165, 1.54) is 0 Å². The number of hydrogen-bond donors (Lipinski definition) is 1. The van der Waals surface area contributed by atoms with Gasteiger partial charge in [0.15, 0.2) is 0 Å². The van der Waals surface area contributed by atoms with E-state index in [1.807, 2.05) is 42.5 Å². The molecule has 4 aromatic rings. The van der Waals surface area contributed by atoms with Crippen LogP contribution in [0.2, 0.25) is 10.0 Å². The maximum Gasteiger partial charge on any atom is 0.336 e. The quantitative estimate of drug-likeness (QED) is 0.331. The summed E-state index contributed by atoms with van der Waals surface area (Å²) in [6.45, 7) is 0. The zero-order valence-electron chi connectivity index (χ0n) is 17.0. The van der Waals surface area contributed by atoms with Gasteiger partial charge in [0.1, 0.15) is 5.75 Å². The first-order valence-corrected chi connectivity index (χ1v) is 10.4. The summed E-state index contributed by atoms with van der Waals surface area (Å²) < 4.78 is 6.98. The molecule has 1 aromatic heterocycles. The van der Waals surface area contributed by atoms with Crippen LogP contribution in [-0.4, -0.2) is 28.0 Å². The zero-order chi connectivity index (χ0) is 22.7. The lowest BCUT2D eigenvalue weighted by atomic mass is 10.0. The van der Waals surface area contributed by atoms with Gasteiger partial charge < -0.3 is 9.84 Å². The largest absolute Gasteiger partial charge is 0.497 e. The van der Waals surface area contributed by atoms with Crippen LogP contribution >= 0.6 is 23.2 Å². The van der Waals surface area contributed by atoms with Gasteiger partial charge in [-0.25, -0.2) is 9.48 Å². The Morgan fingerprint density at radius 1 is 0.969 bits per heavy atom. The molecule has 0 fully saturated rings. The second-order valence-electron chi connectivity index (χ2n) is 6.92. The van der Waals surface area contributed by atoms with Gasteiger partial charge >= 0.3 is 5.97 Å². The molecule has 1 N–H and O–H groups in total. The minimum absolute atomic E-state index is 0.144. The smallest absolute Gasteiger partial charge is 0.336 e. The molecule has 0 aliphatic rings. The molecule has 32 heavy (non-hydrogen) atoms. The molecule has 0 amide bonds. The average molecular weight is 465 g/mol. The summed E-state index contributed by atoms with van der Waals surface area (Å²) in [5, 5.41) is 15.3. The number of ether oxygens (including phenoxy) is 1. The molecule has 5 nitrogen and oxygen atoms in total. The van der Waals surface area contributed by atoms with Gasteiger partial charge in [-0.15, -0.1) is 0 Å². The number of carboxylic acid groups (broad SMARTS) is 1. The van der Waals surface area contributed by atoms with Crippen molar-refractivity contribution in [2.45, 2.75) is 0 Å². The summed E-state index contributed by atoms with van der Waals surface area (Å²) in [6, 6.07) is 23.5. The van der Waals surface area contributed by atoms with Gasteiger partial charge in [0.25, 0.3) is 0 Å². The third-order valence-electron chi connectivity index (χ3n) is 4.87. The molecule has 0 aliphatic carbocycles. The van der Waals surface area contributed by atoms with Gasteiger partial charge in [0.05, 0.1) is 39.8 Å². The van der Waals surface area contributed by atoms with Crippen molar-refractivity contribution in [2.75, 3.05) is 7.11 Å². The molecule has 7 heteroatoms. The van der Waals surface area contributed by atoms with Crippen LogP contribution in [0.1, 0.15) is 11.3 Å². The van der Waals surface area contributed by atoms with Crippen LogP contribution in [-0.2, 0) is 4.79 Å². The number of carboxylic acids is 1. The molecule has 0 spiro atoms. The van der Waals surface area contributed by atoms with Gasteiger partial charge in [0.2, 0.25) is 0 Å². The first-order valence-electron chi connectivity index (χ1n) is 9.66. The number of halogens is 2. The first-order chi connectivity index (χ1) is 15.5. The first kappa shape index (κ1) is 21.7. The molecule has 0 bridgehead atoms. The number of methoxy groups -OCH3 is 1. The summed E-state index contributed by atoms with van der Waals surface area (Å²) in [5.74, 6) is -0.319. The van der Waals surface area contributed by atoms with Crippen molar-refractivity contribution in [3.63, 3.8) is 0 Å². The van der Waals surface area contributed by atoms with Crippen LogP contribution < -0.4 is 4.74 Å². The van der Waals surface area contributed by atoms with Gasteiger partial charge in [-0.1, -0.05) is 59.6 Å². The summed E-state index contributed by atoms with van der Waals surface area (Å²) in [4.78, 5) is 11.9. The van der Waals surface area contributed by atoms with Gasteiger partial charge in [-0.05, 0) is 54.1 Å². The van der Waals surface area contributed by atoms with Crippen LogP contribution in [0, 0.1) is 0 Å². The van der Waals surface area contributed by atoms with Crippen LogP contribution in [0.25, 0.3) is 28.6 Å². The van der Waals surface area contributed by atoms with Gasteiger partial charge in [0, 0.05) is 5.56 Å². The molecular formula is C25H18Cl2N2O3. The Hall–Kier alpha value is -3.54. The van der Waals surface area contributed by atoms with Crippen molar-refractivity contribution in [1.29, 1.82) is 0 Å². The fraction of sp³-hybridized carbons (Fsp3) is 0.0400. The van der Waals surface area contributed by atoms with E-state index in [-0.39, 0.29) is 5.57 Å². The highest BCUT2D eigenvalue weighted by molar-refractivity contribution is 6.42. The lowest BCUT2D eigenvalue weighted by molar-refractivity contribution is -0.130. The molecule has 160 valence electrons. The summed E-state index contributed by atoms with van der Waals surface area (Å²) in [7, 11) is 1.60. The Morgan fingerprint density at radius 2 is 1.69 bits per heavy atom. The molecular weight excluding hydrogens is 447 g/mol. The zero-order valence-corrected chi connectivity index (χ0v) is 18.5. The van der Waals surface area contributed by atoms with Crippen molar-refractivity contribution in [3.8, 4) is 22.7 Å². The third kappa shape index (κ3) is 4.54. The number of rotatable bonds is 6. The highest BCUT2D eigenvalue weighted by atomic mass is 35.5. The summed E-state index contributed by atoms with van der Waals surface area (Å²) in [6.07, 6.45) is 1.55. The highest BCUT2D eigenvalue weighted by Crippen LogP contribution is 2.31. The Kier molecular flexibility index (Phi) is 6.30. The fourth-order valence-electron chi connectivity index (χ4n) is 3.29. The van der Waals surface area contributed by atoms with E-state index >= 15 is 0 Å². The van der Waals surface area contributed by atoms with Crippen molar-refractivity contribution < 1.29 is 14.6 Å². The van der Waals surface area contributed by atoms with E-state index in [1.54, 1.807) is 54.3 Å². The average Bonchev–Trinajstić information content (AvgIpc) is 3.23. The highest BCUT2D eigenvalue weighted by Gasteiger charge is 2.16. The maximum atomic E-state index is 11.9. The summed E-state index contributed by atoms with van der Waals surface area (Å²) in [5.41, 5.74) is 3.53. The molecule has 4 rings (SSSR count). The molecule has 0 unspecified atom stereocenters. The van der Waals surface area contributed by atoms with E-state index in [0.29, 0.717) is 27.1 Å². The fourth-order valence-corrected chi connectivity index (χ4v) is 3.58. The number of hydrogen-bond acceptors (Lipinski definition) is 3. The number of aromatic nitrogens is 2. The Morgan fingerprint density at radius 3 is 2.31 bits per heavy atom. The Bertz CT molecular complexity index is 1300. The lowest BCUT2D eigenvalue weighted by Gasteiger charge is -2.09. The summed E-state index contributed by atoms with van der Waals surface area (Å²) >= 11 is 12.3. The van der Waals surface area contributed by atoms with E-state index in [9.17, 15) is 9.90 Å². The second kappa shape index (κ2) is 9.30. The molecule has 0 radical (unpaired) electrons. The number of aliphatic carboxylic acids is 1. The van der Waals surface area contributed by atoms with Gasteiger partial charge in [-0.3, -0.25) is 0 Å². The maximum absolute atomic E-state index is 11.9. The van der Waals surface area contributed by atoms with Crippen LogP contribution in [0.5, 0.6) is 5.75 Å². The van der Waals surface area contributed by atoms with Gasteiger partial charge in [-0.2, -0.15) is 5.10 Å². The lowest BCUT2D eigenvalue weighted by Crippen LogP contribution is -2.01. The second-order valence-corrected chi connectivity index (χ2v) is 7.74. The van der Waals surface area contributed by atoms with E-state index in [4.69, 9.17) is 27.9 Å². The topological polar surface area (TPSA) is 64.4 Å². The van der Waals surface area contributed by atoms with Crippen molar-refractivity contribution in [3.05, 3.63) is 100 Å². The predicted molar refractivity (Wildman–Crippen MR) is 128 cm³/mol. The van der Waals surface area contributed by atoms with Crippen LogP contribution in [0.15, 0.2) is 78.9 Å². The molecule has 0 saturated heterocycles. The number of nitrogens with zero attached hydrogens (tertiary/aromatic N) is 2. The number of benzene rings is 3. The molecule has 0 atom stereocenters. The molecule has 1 heterocycles. The van der Waals surface area contributed by atoms with Crippen LogP contribution in [0.3, 0.4) is 0 Å². The minimum Gasteiger partial charge on any atom is -0.497 e. The molecule has 0 saturated carbocycles.